The van der Waals surface area contributed by atoms with Crippen LogP contribution >= 0.6 is 11.6 Å². The van der Waals surface area contributed by atoms with E-state index >= 15 is 0 Å². The number of aryl methyl sites for hydroxylation is 1. The van der Waals surface area contributed by atoms with Crippen LogP contribution in [0.3, 0.4) is 0 Å². The van der Waals surface area contributed by atoms with Crippen molar-refractivity contribution in [3.8, 4) is 11.3 Å². The molecule has 3 nitrogen and oxygen atoms in total. The first-order chi connectivity index (χ1) is 9.83. The maximum absolute atomic E-state index is 5.94. The van der Waals surface area contributed by atoms with E-state index in [2.05, 4.69) is 20.9 Å². The van der Waals surface area contributed by atoms with Crippen LogP contribution in [0.1, 0.15) is 12.8 Å². The summed E-state index contributed by atoms with van der Waals surface area (Å²) in [7, 11) is 0. The average molecular weight is 288 g/mol. The molecule has 1 aliphatic heterocycles. The van der Waals surface area contributed by atoms with Gasteiger partial charge >= 0.3 is 0 Å². The molecule has 2 aromatic rings. The number of hydrogen-bond donors (Lipinski definition) is 1. The maximum Gasteiger partial charge on any atom is 0.0951 e. The van der Waals surface area contributed by atoms with Crippen LogP contribution in [-0.4, -0.2) is 22.6 Å². The summed E-state index contributed by atoms with van der Waals surface area (Å²) in [6, 6.07) is 7.92. The quantitative estimate of drug-likeness (QED) is 0.872. The minimum absolute atomic E-state index is 0.764. The number of imidazole rings is 1. The minimum Gasteiger partial charge on any atom is -0.330 e. The summed E-state index contributed by atoms with van der Waals surface area (Å²) in [5, 5.41) is 4.11. The molecule has 4 heteroatoms. The number of rotatable bonds is 4. The van der Waals surface area contributed by atoms with E-state index in [0.717, 1.165) is 48.8 Å². The second-order valence-electron chi connectivity index (χ2n) is 5.05. The van der Waals surface area contributed by atoms with E-state index < -0.39 is 0 Å². The topological polar surface area (TPSA) is 29.9 Å². The van der Waals surface area contributed by atoms with Crippen LogP contribution < -0.4 is 5.32 Å². The molecule has 0 atom stereocenters. The van der Waals surface area contributed by atoms with E-state index in [-0.39, 0.29) is 0 Å². The van der Waals surface area contributed by atoms with Gasteiger partial charge in [-0.05, 0) is 37.1 Å². The molecule has 0 spiro atoms. The fourth-order valence-corrected chi connectivity index (χ4v) is 2.65. The summed E-state index contributed by atoms with van der Waals surface area (Å²) in [5.74, 6) is 0. The summed E-state index contributed by atoms with van der Waals surface area (Å²) in [6.07, 6.45) is 8.39. The van der Waals surface area contributed by atoms with Crippen LogP contribution in [0.5, 0.6) is 0 Å². The van der Waals surface area contributed by atoms with Crippen molar-refractivity contribution in [3.63, 3.8) is 0 Å². The van der Waals surface area contributed by atoms with Gasteiger partial charge in [-0.25, -0.2) is 4.98 Å². The van der Waals surface area contributed by atoms with Gasteiger partial charge in [-0.3, -0.25) is 0 Å². The van der Waals surface area contributed by atoms with Crippen LogP contribution in [0.15, 0.2) is 48.4 Å². The zero-order valence-electron chi connectivity index (χ0n) is 11.3. The molecule has 1 aliphatic rings. The van der Waals surface area contributed by atoms with E-state index in [1.54, 1.807) is 5.57 Å². The van der Waals surface area contributed by atoms with Crippen molar-refractivity contribution in [1.29, 1.82) is 0 Å². The third kappa shape index (κ3) is 3.11. The third-order valence-corrected chi connectivity index (χ3v) is 3.94. The molecule has 1 aromatic carbocycles. The lowest BCUT2D eigenvalue weighted by atomic mass is 10.1. The smallest absolute Gasteiger partial charge is 0.0951 e. The number of hydrogen-bond acceptors (Lipinski definition) is 2. The molecule has 0 amide bonds. The first-order valence-corrected chi connectivity index (χ1v) is 7.35. The van der Waals surface area contributed by atoms with Crippen molar-refractivity contribution in [2.75, 3.05) is 13.1 Å². The zero-order chi connectivity index (χ0) is 13.8. The molecule has 0 unspecified atom stereocenters. The third-order valence-electron chi connectivity index (χ3n) is 3.68. The first-order valence-electron chi connectivity index (χ1n) is 6.97. The fraction of sp³-hybridized carbons (Fsp3) is 0.312. The summed E-state index contributed by atoms with van der Waals surface area (Å²) in [6.45, 7) is 3.08. The molecular formula is C16H18ClN3. The molecule has 0 bridgehead atoms. The van der Waals surface area contributed by atoms with Crippen molar-refractivity contribution in [1.82, 2.24) is 14.9 Å². The summed E-state index contributed by atoms with van der Waals surface area (Å²) < 4.78 is 2.21. The Labute approximate surface area is 124 Å². The Hall–Kier alpha value is -1.58. The highest BCUT2D eigenvalue weighted by atomic mass is 35.5. The van der Waals surface area contributed by atoms with Gasteiger partial charge in [0.15, 0.2) is 0 Å². The number of aromatic nitrogens is 2. The highest BCUT2D eigenvalue weighted by molar-refractivity contribution is 6.30. The molecule has 1 N–H and O–H groups in total. The van der Waals surface area contributed by atoms with Gasteiger partial charge in [-0.2, -0.15) is 0 Å². The standard InChI is InChI=1S/C16H18ClN3/c17-15-3-1-14(2-4-15)16-11-19-12-20(16)10-7-13-5-8-18-9-6-13/h1-5,11-12,18H,6-10H2. The van der Waals surface area contributed by atoms with Crippen LogP contribution in [-0.2, 0) is 6.54 Å². The molecule has 0 radical (unpaired) electrons. The summed E-state index contributed by atoms with van der Waals surface area (Å²) in [5.41, 5.74) is 3.85. The number of nitrogens with zero attached hydrogens (tertiary/aromatic N) is 2. The van der Waals surface area contributed by atoms with E-state index in [1.165, 1.54) is 0 Å². The number of halogens is 1. The number of nitrogens with one attached hydrogen (secondary N) is 1. The zero-order valence-corrected chi connectivity index (χ0v) is 12.1. The Bertz CT molecular complexity index is 598. The van der Waals surface area contributed by atoms with Crippen LogP contribution in [0, 0.1) is 0 Å². The second kappa shape index (κ2) is 6.25. The van der Waals surface area contributed by atoms with Gasteiger partial charge in [0.1, 0.15) is 0 Å². The highest BCUT2D eigenvalue weighted by Crippen LogP contribution is 2.22. The minimum atomic E-state index is 0.764. The van der Waals surface area contributed by atoms with Gasteiger partial charge in [0, 0.05) is 18.1 Å². The molecule has 0 saturated carbocycles. The fourth-order valence-electron chi connectivity index (χ4n) is 2.52. The number of benzene rings is 1. The molecular weight excluding hydrogens is 270 g/mol. The van der Waals surface area contributed by atoms with Crippen LogP contribution in [0.4, 0.5) is 0 Å². The Morgan fingerprint density at radius 2 is 2.10 bits per heavy atom. The Morgan fingerprint density at radius 1 is 1.25 bits per heavy atom. The lowest BCUT2D eigenvalue weighted by Gasteiger charge is -2.15. The van der Waals surface area contributed by atoms with Gasteiger partial charge < -0.3 is 9.88 Å². The first kappa shape index (κ1) is 13.4. The van der Waals surface area contributed by atoms with E-state index in [0.29, 0.717) is 0 Å². The van der Waals surface area contributed by atoms with Crippen LogP contribution in [0.2, 0.25) is 5.02 Å². The van der Waals surface area contributed by atoms with Gasteiger partial charge in [-0.1, -0.05) is 35.4 Å². The molecule has 0 aliphatic carbocycles. The van der Waals surface area contributed by atoms with Crippen molar-refractivity contribution < 1.29 is 0 Å². The molecule has 1 aromatic heterocycles. The van der Waals surface area contributed by atoms with E-state index in [9.17, 15) is 0 Å². The molecule has 104 valence electrons. The van der Waals surface area contributed by atoms with Gasteiger partial charge in [0.2, 0.25) is 0 Å². The lowest BCUT2D eigenvalue weighted by molar-refractivity contribution is 0.633. The van der Waals surface area contributed by atoms with E-state index in [4.69, 9.17) is 11.6 Å². The van der Waals surface area contributed by atoms with Gasteiger partial charge in [-0.15, -0.1) is 0 Å². The van der Waals surface area contributed by atoms with Crippen molar-refractivity contribution in [2.24, 2.45) is 0 Å². The largest absolute Gasteiger partial charge is 0.330 e. The van der Waals surface area contributed by atoms with Gasteiger partial charge in [0.25, 0.3) is 0 Å². The second-order valence-corrected chi connectivity index (χ2v) is 5.48. The average Bonchev–Trinajstić information content (AvgIpc) is 2.95. The van der Waals surface area contributed by atoms with Crippen molar-refractivity contribution >= 4 is 11.6 Å². The normalized spacial score (nSPS) is 15.2. The molecule has 0 fully saturated rings. The highest BCUT2D eigenvalue weighted by Gasteiger charge is 2.07. The maximum atomic E-state index is 5.94. The predicted octanol–water partition coefficient (Wildman–Crippen LogP) is 3.51. The Morgan fingerprint density at radius 3 is 2.85 bits per heavy atom. The Balaban J connectivity index is 1.73. The van der Waals surface area contributed by atoms with Gasteiger partial charge in [0.05, 0.1) is 18.2 Å². The summed E-state index contributed by atoms with van der Waals surface area (Å²) in [4.78, 5) is 4.28. The molecule has 3 rings (SSSR count). The van der Waals surface area contributed by atoms with E-state index in [1.807, 2.05) is 36.8 Å². The predicted molar refractivity (Wildman–Crippen MR) is 82.9 cm³/mol. The molecule has 0 saturated heterocycles. The Kier molecular flexibility index (Phi) is 4.19. The molecule has 2 heterocycles. The van der Waals surface area contributed by atoms with Crippen molar-refractivity contribution in [2.45, 2.75) is 19.4 Å². The lowest BCUT2D eigenvalue weighted by Crippen LogP contribution is -2.21. The SMILES string of the molecule is Clc1ccc(-c2cncn2CCC2=CCNCC2)cc1. The molecule has 20 heavy (non-hydrogen) atoms. The monoisotopic (exact) mass is 287 g/mol. The van der Waals surface area contributed by atoms with Crippen LogP contribution in [0.25, 0.3) is 11.3 Å². The van der Waals surface area contributed by atoms with Crippen molar-refractivity contribution in [3.05, 3.63) is 53.5 Å². The summed E-state index contributed by atoms with van der Waals surface area (Å²) >= 11 is 5.94.